The normalized spacial score (nSPS) is 17.4. The van der Waals surface area contributed by atoms with Gasteiger partial charge >= 0.3 is 0 Å². The summed E-state index contributed by atoms with van der Waals surface area (Å²) < 4.78 is 5.09. The molecule has 0 radical (unpaired) electrons. The minimum absolute atomic E-state index is 0.143. The lowest BCUT2D eigenvalue weighted by Crippen LogP contribution is -2.39. The third-order valence-electron chi connectivity index (χ3n) is 12.4. The Hall–Kier alpha value is -6.68. The summed E-state index contributed by atoms with van der Waals surface area (Å²) in [7, 11) is 0. The molecule has 2 unspecified atom stereocenters. The molecular weight excluding hydrogens is 697 g/mol. The van der Waals surface area contributed by atoms with Gasteiger partial charge in [0, 0.05) is 53.3 Å². The monoisotopic (exact) mass is 732 g/mol. The second-order valence-corrected chi connectivity index (χ2v) is 16.5. The van der Waals surface area contributed by atoms with Crippen molar-refractivity contribution in [1.29, 1.82) is 0 Å². The molecule has 0 spiro atoms. The Morgan fingerprint density at radius 3 is 2.11 bits per heavy atom. The lowest BCUT2D eigenvalue weighted by atomic mass is 9.75. The first-order valence-corrected chi connectivity index (χ1v) is 20.3. The fraction of sp³-hybridized carbons (Fsp3) is 0.0566. The van der Waals surface area contributed by atoms with Crippen LogP contribution in [0.2, 0.25) is 0 Å². The van der Waals surface area contributed by atoms with E-state index in [0.29, 0.717) is 0 Å². The van der Waals surface area contributed by atoms with Gasteiger partial charge in [-0.1, -0.05) is 140 Å². The molecule has 1 aliphatic carbocycles. The standard InChI is InChI=1S/C53H36N2S/c1-53-30-12-11-21-49(53)55(39-26-22-36(23-27-39)34-13-3-2-4-14-34)51-45(53)33-43(52-50(51)42-18-8-10-20-48(42)56-52)38-25-29-47-44(32-38)41-17-7-9-19-46(41)54(47)40-28-24-35-15-5-6-16-37(35)31-40/h2-33,49H,1H3. The Kier molecular flexibility index (Phi) is 6.73. The van der Waals surface area contributed by atoms with Crippen LogP contribution >= 0.6 is 11.3 Å². The van der Waals surface area contributed by atoms with Gasteiger partial charge < -0.3 is 9.47 Å². The summed E-state index contributed by atoms with van der Waals surface area (Å²) in [6, 6.07) is 63.0. The van der Waals surface area contributed by atoms with Crippen LogP contribution in [0.4, 0.5) is 11.4 Å². The third kappa shape index (κ3) is 4.49. The van der Waals surface area contributed by atoms with E-state index in [2.05, 4.69) is 211 Å². The zero-order valence-electron chi connectivity index (χ0n) is 30.9. The molecule has 8 aromatic carbocycles. The molecule has 2 aromatic heterocycles. The summed E-state index contributed by atoms with van der Waals surface area (Å²) in [6.45, 7) is 2.43. The number of benzene rings is 8. The SMILES string of the molecule is CC12C=CC=CC1N(c1ccc(-c3ccccc3)cc1)c1c2cc(-c2ccc3c(c2)c2ccccc2n3-c2ccc3ccccc3c2)c2sc3ccccc3c12. The van der Waals surface area contributed by atoms with Crippen LogP contribution < -0.4 is 4.90 Å². The molecule has 1 aliphatic heterocycles. The maximum atomic E-state index is 2.62. The molecule has 0 saturated carbocycles. The van der Waals surface area contributed by atoms with Crippen molar-refractivity contribution < 1.29 is 0 Å². The molecule has 0 bridgehead atoms. The largest absolute Gasteiger partial charge is 0.332 e. The molecule has 0 fully saturated rings. The van der Waals surface area contributed by atoms with Crippen LogP contribution in [0.3, 0.4) is 0 Å². The molecular formula is C53H36N2S. The van der Waals surface area contributed by atoms with Gasteiger partial charge in [-0.25, -0.2) is 0 Å². The van der Waals surface area contributed by atoms with Crippen molar-refractivity contribution in [1.82, 2.24) is 4.57 Å². The Morgan fingerprint density at radius 1 is 0.536 bits per heavy atom. The first kappa shape index (κ1) is 31.6. The van der Waals surface area contributed by atoms with Crippen LogP contribution in [0.1, 0.15) is 12.5 Å². The van der Waals surface area contributed by atoms with Gasteiger partial charge in [-0.05, 0) is 94.5 Å². The van der Waals surface area contributed by atoms with Gasteiger partial charge in [0.1, 0.15) is 0 Å². The first-order valence-electron chi connectivity index (χ1n) is 19.5. The highest BCUT2D eigenvalue weighted by molar-refractivity contribution is 7.26. The van der Waals surface area contributed by atoms with Crippen LogP contribution in [0.5, 0.6) is 0 Å². The number of fused-ring (bicyclic) bond motifs is 11. The Bertz CT molecular complexity index is 3270. The lowest BCUT2D eigenvalue weighted by Gasteiger charge is -2.34. The molecule has 0 amide bonds. The highest BCUT2D eigenvalue weighted by Gasteiger charge is 2.48. The number of rotatable bonds is 4. The van der Waals surface area contributed by atoms with E-state index >= 15 is 0 Å². The van der Waals surface area contributed by atoms with E-state index < -0.39 is 0 Å². The van der Waals surface area contributed by atoms with Gasteiger partial charge in [-0.2, -0.15) is 0 Å². The van der Waals surface area contributed by atoms with E-state index in [9.17, 15) is 0 Å². The smallest absolute Gasteiger partial charge is 0.0655 e. The number of hydrogen-bond donors (Lipinski definition) is 0. The van der Waals surface area contributed by atoms with Crippen LogP contribution in [0, 0.1) is 0 Å². The van der Waals surface area contributed by atoms with Crippen molar-refractivity contribution >= 4 is 75.5 Å². The van der Waals surface area contributed by atoms with Gasteiger partial charge in [0.2, 0.25) is 0 Å². The van der Waals surface area contributed by atoms with Crippen LogP contribution in [-0.2, 0) is 5.41 Å². The maximum Gasteiger partial charge on any atom is 0.0655 e. The van der Waals surface area contributed by atoms with E-state index in [4.69, 9.17) is 0 Å². The predicted octanol–water partition coefficient (Wildman–Crippen LogP) is 14.5. The molecule has 264 valence electrons. The molecule has 0 saturated heterocycles. The number of allylic oxidation sites excluding steroid dienone is 2. The zero-order valence-corrected chi connectivity index (χ0v) is 31.7. The summed E-state index contributed by atoms with van der Waals surface area (Å²) >= 11 is 1.92. The number of aromatic nitrogens is 1. The average Bonchev–Trinajstić information content (AvgIpc) is 3.89. The number of nitrogens with zero attached hydrogens (tertiary/aromatic N) is 2. The summed E-state index contributed by atoms with van der Waals surface area (Å²) in [5.74, 6) is 0. The Morgan fingerprint density at radius 2 is 1.23 bits per heavy atom. The van der Waals surface area contributed by atoms with Gasteiger partial charge in [0.15, 0.2) is 0 Å². The summed E-state index contributed by atoms with van der Waals surface area (Å²) in [6.07, 6.45) is 9.30. The van der Waals surface area contributed by atoms with Crippen LogP contribution in [0.25, 0.3) is 80.7 Å². The van der Waals surface area contributed by atoms with Crippen molar-refractivity contribution in [2.75, 3.05) is 4.90 Å². The fourth-order valence-electron chi connectivity index (χ4n) is 9.69. The van der Waals surface area contributed by atoms with E-state index in [-0.39, 0.29) is 11.5 Å². The minimum Gasteiger partial charge on any atom is -0.332 e. The second-order valence-electron chi connectivity index (χ2n) is 15.5. The predicted molar refractivity (Wildman–Crippen MR) is 240 cm³/mol. The molecule has 2 atom stereocenters. The number of para-hydroxylation sites is 1. The van der Waals surface area contributed by atoms with Gasteiger partial charge in [-0.15, -0.1) is 11.3 Å². The van der Waals surface area contributed by atoms with Crippen molar-refractivity contribution in [3.8, 4) is 27.9 Å². The highest BCUT2D eigenvalue weighted by Crippen LogP contribution is 2.58. The van der Waals surface area contributed by atoms with Crippen LogP contribution in [-0.4, -0.2) is 10.6 Å². The van der Waals surface area contributed by atoms with Gasteiger partial charge in [0.25, 0.3) is 0 Å². The van der Waals surface area contributed by atoms with Crippen molar-refractivity contribution in [2.45, 2.75) is 18.4 Å². The van der Waals surface area contributed by atoms with Gasteiger partial charge in [-0.3, -0.25) is 0 Å². The molecule has 56 heavy (non-hydrogen) atoms. The molecule has 2 nitrogen and oxygen atoms in total. The molecule has 10 aromatic rings. The molecule has 2 aliphatic rings. The molecule has 3 heterocycles. The second kappa shape index (κ2) is 11.9. The van der Waals surface area contributed by atoms with E-state index in [1.54, 1.807) is 0 Å². The van der Waals surface area contributed by atoms with Crippen molar-refractivity contribution in [2.24, 2.45) is 0 Å². The summed E-state index contributed by atoms with van der Waals surface area (Å²) in [4.78, 5) is 2.62. The Labute approximate surface area is 329 Å². The maximum absolute atomic E-state index is 2.62. The molecule has 0 N–H and O–H groups in total. The Balaban J connectivity index is 1.10. The average molecular weight is 733 g/mol. The fourth-order valence-corrected chi connectivity index (χ4v) is 10.9. The zero-order chi connectivity index (χ0) is 37.0. The number of hydrogen-bond acceptors (Lipinski definition) is 2. The molecule has 12 rings (SSSR count). The van der Waals surface area contributed by atoms with E-state index in [1.165, 1.54) is 97.6 Å². The van der Waals surface area contributed by atoms with E-state index in [1.807, 2.05) is 11.3 Å². The van der Waals surface area contributed by atoms with Crippen LogP contribution in [0.15, 0.2) is 194 Å². The number of anilines is 2. The quantitative estimate of drug-likeness (QED) is 0.175. The highest BCUT2D eigenvalue weighted by atomic mass is 32.1. The number of thiophene rings is 1. The third-order valence-corrected chi connectivity index (χ3v) is 13.6. The first-order chi connectivity index (χ1) is 27.6. The lowest BCUT2D eigenvalue weighted by molar-refractivity contribution is 0.551. The van der Waals surface area contributed by atoms with Crippen molar-refractivity contribution in [3.63, 3.8) is 0 Å². The summed E-state index contributed by atoms with van der Waals surface area (Å²) in [5.41, 5.74) is 12.3. The van der Waals surface area contributed by atoms with E-state index in [0.717, 1.165) is 0 Å². The molecule has 3 heteroatoms. The summed E-state index contributed by atoms with van der Waals surface area (Å²) in [5, 5.41) is 7.71. The minimum atomic E-state index is -0.218. The van der Waals surface area contributed by atoms with Gasteiger partial charge in [0.05, 0.1) is 22.8 Å². The van der Waals surface area contributed by atoms with Crippen molar-refractivity contribution in [3.05, 3.63) is 200 Å². The topological polar surface area (TPSA) is 8.17 Å².